The number of amides is 1. The largest absolute Gasteiger partial charge is 0.469 e. The van der Waals surface area contributed by atoms with Crippen molar-refractivity contribution < 1.29 is 9.21 Å². The van der Waals surface area contributed by atoms with E-state index in [9.17, 15) is 4.79 Å². The quantitative estimate of drug-likeness (QED) is 0.816. The molecule has 0 bridgehead atoms. The zero-order valence-corrected chi connectivity index (χ0v) is 9.28. The second-order valence-electron chi connectivity index (χ2n) is 3.25. The van der Waals surface area contributed by atoms with Gasteiger partial charge in [0.15, 0.2) is 0 Å². The first-order valence-corrected chi connectivity index (χ1v) is 5.02. The zero-order chi connectivity index (χ0) is 11.5. The van der Waals surface area contributed by atoms with Crippen LogP contribution in [0.3, 0.4) is 0 Å². The van der Waals surface area contributed by atoms with Crippen molar-refractivity contribution in [2.45, 2.75) is 6.92 Å². The molecule has 2 rings (SSSR count). The lowest BCUT2D eigenvalue weighted by Crippen LogP contribution is -2.11. The van der Waals surface area contributed by atoms with Crippen LogP contribution in [0, 0.1) is 6.92 Å². The minimum Gasteiger partial charge on any atom is -0.469 e. The molecule has 0 aromatic carbocycles. The molecular weight excluding hydrogens is 228 g/mol. The van der Waals surface area contributed by atoms with E-state index in [1.807, 2.05) is 0 Å². The lowest BCUT2D eigenvalue weighted by atomic mass is 10.3. The molecule has 0 aliphatic rings. The fraction of sp³-hybridized carbons (Fsp3) is 0.0909. The van der Waals surface area contributed by atoms with E-state index in [4.69, 9.17) is 16.0 Å². The molecule has 0 saturated heterocycles. The Bertz CT molecular complexity index is 522. The molecule has 0 aliphatic heterocycles. The summed E-state index contributed by atoms with van der Waals surface area (Å²) in [5.41, 5.74) is 0.458. The van der Waals surface area contributed by atoms with Gasteiger partial charge in [0, 0.05) is 0 Å². The average molecular weight is 237 g/mol. The number of aromatic nitrogens is 1. The monoisotopic (exact) mass is 236 g/mol. The number of rotatable bonds is 2. The maximum atomic E-state index is 11.7. The van der Waals surface area contributed by atoms with E-state index in [2.05, 4.69) is 10.3 Å². The van der Waals surface area contributed by atoms with Gasteiger partial charge in [0.25, 0.3) is 5.91 Å². The second kappa shape index (κ2) is 4.37. The van der Waals surface area contributed by atoms with Crippen LogP contribution in [-0.4, -0.2) is 10.9 Å². The van der Waals surface area contributed by atoms with Gasteiger partial charge in [0.1, 0.15) is 23.0 Å². The Morgan fingerprint density at radius 1 is 1.50 bits per heavy atom. The molecule has 82 valence electrons. The number of nitrogens with one attached hydrogen (secondary N) is 1. The second-order valence-corrected chi connectivity index (χ2v) is 3.63. The predicted octanol–water partition coefficient (Wildman–Crippen LogP) is 2.89. The predicted molar refractivity (Wildman–Crippen MR) is 60.6 cm³/mol. The van der Waals surface area contributed by atoms with Gasteiger partial charge in [-0.15, -0.1) is 0 Å². The molecule has 0 atom stereocenters. The van der Waals surface area contributed by atoms with Crippen molar-refractivity contribution in [1.82, 2.24) is 4.98 Å². The molecule has 0 radical (unpaired) electrons. The van der Waals surface area contributed by atoms with Gasteiger partial charge in [-0.1, -0.05) is 17.7 Å². The number of nitrogens with zero attached hydrogens (tertiary/aromatic N) is 1. The number of carbonyl (C=O) groups excluding carboxylic acids is 1. The van der Waals surface area contributed by atoms with E-state index in [0.717, 1.165) is 0 Å². The van der Waals surface area contributed by atoms with Crippen LogP contribution in [-0.2, 0) is 0 Å². The standard InChI is InChI=1S/C11H9ClN2O2/c1-7-5-8(6-16-7)11(15)14-10-4-2-3-9(12)13-10/h2-6H,1H3,(H,13,14,15). The fourth-order valence-corrected chi connectivity index (χ4v) is 1.39. The van der Waals surface area contributed by atoms with Crippen molar-refractivity contribution >= 4 is 23.3 Å². The van der Waals surface area contributed by atoms with Gasteiger partial charge in [-0.05, 0) is 25.1 Å². The Hall–Kier alpha value is -1.81. The lowest BCUT2D eigenvalue weighted by Gasteiger charge is -2.01. The van der Waals surface area contributed by atoms with Gasteiger partial charge < -0.3 is 9.73 Å². The molecule has 0 fully saturated rings. The Balaban J connectivity index is 2.13. The van der Waals surface area contributed by atoms with Crippen molar-refractivity contribution in [3.63, 3.8) is 0 Å². The summed E-state index contributed by atoms with van der Waals surface area (Å²) in [4.78, 5) is 15.6. The normalized spacial score (nSPS) is 10.1. The molecule has 5 heteroatoms. The minimum absolute atomic E-state index is 0.272. The Morgan fingerprint density at radius 3 is 2.94 bits per heavy atom. The number of anilines is 1. The number of pyridine rings is 1. The minimum atomic E-state index is -0.272. The van der Waals surface area contributed by atoms with Crippen LogP contribution in [0.2, 0.25) is 5.15 Å². The maximum absolute atomic E-state index is 11.7. The molecule has 2 aromatic heterocycles. The molecule has 2 aromatic rings. The van der Waals surface area contributed by atoms with E-state index >= 15 is 0 Å². The number of hydrogen-bond donors (Lipinski definition) is 1. The molecular formula is C11H9ClN2O2. The molecule has 0 spiro atoms. The number of furan rings is 1. The Kier molecular flexibility index (Phi) is 2.92. The molecule has 0 aliphatic carbocycles. The first-order valence-electron chi connectivity index (χ1n) is 4.64. The van der Waals surface area contributed by atoms with Gasteiger partial charge in [-0.25, -0.2) is 4.98 Å². The van der Waals surface area contributed by atoms with Crippen LogP contribution in [0.4, 0.5) is 5.82 Å². The SMILES string of the molecule is Cc1cc(C(=O)Nc2cccc(Cl)n2)co1. The van der Waals surface area contributed by atoms with Crippen LogP contribution in [0.1, 0.15) is 16.1 Å². The summed E-state index contributed by atoms with van der Waals surface area (Å²) < 4.78 is 5.04. The van der Waals surface area contributed by atoms with Gasteiger partial charge in [-0.2, -0.15) is 0 Å². The zero-order valence-electron chi connectivity index (χ0n) is 8.53. The van der Waals surface area contributed by atoms with Crippen molar-refractivity contribution in [3.05, 3.63) is 47.0 Å². The van der Waals surface area contributed by atoms with Crippen LogP contribution in [0.15, 0.2) is 34.9 Å². The maximum Gasteiger partial charge on any atom is 0.260 e. The third-order valence-corrected chi connectivity index (χ3v) is 2.16. The van der Waals surface area contributed by atoms with E-state index in [1.165, 1.54) is 6.26 Å². The van der Waals surface area contributed by atoms with E-state index in [1.54, 1.807) is 31.2 Å². The van der Waals surface area contributed by atoms with Gasteiger partial charge in [0.05, 0.1) is 5.56 Å². The highest BCUT2D eigenvalue weighted by atomic mass is 35.5. The van der Waals surface area contributed by atoms with Crippen molar-refractivity contribution in [2.75, 3.05) is 5.32 Å². The molecule has 0 saturated carbocycles. The topological polar surface area (TPSA) is 55.1 Å². The van der Waals surface area contributed by atoms with Crippen molar-refractivity contribution in [1.29, 1.82) is 0 Å². The van der Waals surface area contributed by atoms with Crippen molar-refractivity contribution in [3.8, 4) is 0 Å². The smallest absolute Gasteiger partial charge is 0.260 e. The van der Waals surface area contributed by atoms with Gasteiger partial charge in [0.2, 0.25) is 0 Å². The number of aryl methyl sites for hydroxylation is 1. The Morgan fingerprint density at radius 2 is 2.31 bits per heavy atom. The van der Waals surface area contributed by atoms with Gasteiger partial charge in [-0.3, -0.25) is 4.79 Å². The number of carbonyl (C=O) groups is 1. The fourth-order valence-electron chi connectivity index (χ4n) is 1.23. The average Bonchev–Trinajstić information content (AvgIpc) is 2.65. The van der Waals surface area contributed by atoms with E-state index in [-0.39, 0.29) is 5.91 Å². The first-order chi connectivity index (χ1) is 7.65. The Labute approximate surface area is 97.2 Å². The summed E-state index contributed by atoms with van der Waals surface area (Å²) in [6.07, 6.45) is 1.40. The summed E-state index contributed by atoms with van der Waals surface area (Å²) in [5, 5.41) is 2.95. The summed E-state index contributed by atoms with van der Waals surface area (Å²) in [7, 11) is 0. The highest BCUT2D eigenvalue weighted by Crippen LogP contribution is 2.12. The molecule has 1 N–H and O–H groups in total. The van der Waals surface area contributed by atoms with Crippen LogP contribution in [0.5, 0.6) is 0 Å². The highest BCUT2D eigenvalue weighted by molar-refractivity contribution is 6.29. The molecule has 16 heavy (non-hydrogen) atoms. The van der Waals surface area contributed by atoms with Crippen LogP contribution < -0.4 is 5.32 Å². The third-order valence-electron chi connectivity index (χ3n) is 1.95. The number of halogens is 1. The van der Waals surface area contributed by atoms with E-state index in [0.29, 0.717) is 22.3 Å². The number of hydrogen-bond acceptors (Lipinski definition) is 3. The summed E-state index contributed by atoms with van der Waals surface area (Å²) >= 11 is 5.70. The third kappa shape index (κ3) is 2.41. The highest BCUT2D eigenvalue weighted by Gasteiger charge is 2.09. The molecule has 2 heterocycles. The van der Waals surface area contributed by atoms with Crippen molar-refractivity contribution in [2.24, 2.45) is 0 Å². The molecule has 4 nitrogen and oxygen atoms in total. The molecule has 0 unspecified atom stereocenters. The molecule has 1 amide bonds. The summed E-state index contributed by atoms with van der Waals surface area (Å²) in [6, 6.07) is 6.67. The van der Waals surface area contributed by atoms with Gasteiger partial charge >= 0.3 is 0 Å². The summed E-state index contributed by atoms with van der Waals surface area (Å²) in [5.74, 6) is 0.826. The van der Waals surface area contributed by atoms with Crippen LogP contribution >= 0.6 is 11.6 Å². The first kappa shape index (κ1) is 10.7. The lowest BCUT2D eigenvalue weighted by molar-refractivity contribution is 0.102. The summed E-state index contributed by atoms with van der Waals surface area (Å²) in [6.45, 7) is 1.77. The van der Waals surface area contributed by atoms with E-state index < -0.39 is 0 Å². The van der Waals surface area contributed by atoms with Crippen LogP contribution in [0.25, 0.3) is 0 Å².